The lowest BCUT2D eigenvalue weighted by Crippen LogP contribution is -2.36. The minimum Gasteiger partial charge on any atom is -0.387 e. The van der Waals surface area contributed by atoms with Gasteiger partial charge in [-0.25, -0.2) is 0 Å². The number of hydrogen-bond donors (Lipinski definition) is 1. The fraction of sp³-hybridized carbons (Fsp3) is 0.167. The Labute approximate surface area is 118 Å². The van der Waals surface area contributed by atoms with Crippen LogP contribution >= 0.6 is 0 Å². The molecule has 0 spiro atoms. The van der Waals surface area contributed by atoms with Crippen LogP contribution in [0.1, 0.15) is 34.0 Å². The first-order valence-corrected chi connectivity index (χ1v) is 6.70. The van der Waals surface area contributed by atoms with Crippen LogP contribution < -0.4 is 0 Å². The molecule has 0 aromatic heterocycles. The third kappa shape index (κ3) is 1.58. The predicted molar refractivity (Wildman–Crippen MR) is 78.7 cm³/mol. The third-order valence-corrected chi connectivity index (χ3v) is 4.13. The molecule has 100 valence electrons. The van der Waals surface area contributed by atoms with Gasteiger partial charge in [0.15, 0.2) is 5.78 Å². The molecule has 0 heterocycles. The van der Waals surface area contributed by atoms with Crippen LogP contribution in [0.25, 0.3) is 0 Å². The summed E-state index contributed by atoms with van der Waals surface area (Å²) >= 11 is 0. The first kappa shape index (κ1) is 12.8. The average molecular weight is 264 g/mol. The van der Waals surface area contributed by atoms with E-state index in [1.165, 1.54) is 0 Å². The number of aliphatic hydroxyl groups is 1. The van der Waals surface area contributed by atoms with E-state index < -0.39 is 11.5 Å². The Morgan fingerprint density at radius 3 is 2.40 bits per heavy atom. The van der Waals surface area contributed by atoms with Crippen molar-refractivity contribution in [2.75, 3.05) is 0 Å². The van der Waals surface area contributed by atoms with E-state index in [0.717, 1.165) is 5.56 Å². The van der Waals surface area contributed by atoms with Crippen LogP contribution in [-0.2, 0) is 5.41 Å². The van der Waals surface area contributed by atoms with Crippen molar-refractivity contribution in [3.63, 3.8) is 0 Å². The Hall–Kier alpha value is -2.19. The molecular formula is C18H16O2. The number of benzene rings is 2. The second kappa shape index (κ2) is 4.73. The van der Waals surface area contributed by atoms with Gasteiger partial charge in [0.05, 0.1) is 11.5 Å². The summed E-state index contributed by atoms with van der Waals surface area (Å²) < 4.78 is 0. The van der Waals surface area contributed by atoms with Crippen LogP contribution in [0, 0.1) is 0 Å². The van der Waals surface area contributed by atoms with E-state index in [4.69, 9.17) is 0 Å². The Morgan fingerprint density at radius 1 is 1.10 bits per heavy atom. The zero-order valence-corrected chi connectivity index (χ0v) is 11.1. The first-order chi connectivity index (χ1) is 9.71. The highest BCUT2D eigenvalue weighted by atomic mass is 16.3. The second-order valence-corrected chi connectivity index (χ2v) is 5.15. The minimum absolute atomic E-state index is 0.0216. The number of carbonyl (C=O) groups is 1. The normalized spacial score (nSPS) is 24.4. The van der Waals surface area contributed by atoms with Crippen LogP contribution in [0.4, 0.5) is 0 Å². The summed E-state index contributed by atoms with van der Waals surface area (Å²) in [5.74, 6) is -0.0216. The Morgan fingerprint density at radius 2 is 1.75 bits per heavy atom. The summed E-state index contributed by atoms with van der Waals surface area (Å²) in [6.07, 6.45) is 1.30. The molecule has 2 unspecified atom stereocenters. The maximum Gasteiger partial charge on any atom is 0.177 e. The molecule has 0 bridgehead atoms. The van der Waals surface area contributed by atoms with E-state index in [1.807, 2.05) is 48.5 Å². The fourth-order valence-electron chi connectivity index (χ4n) is 3.15. The number of ketones is 1. The highest BCUT2D eigenvalue weighted by molar-refractivity contribution is 6.09. The fourth-order valence-corrected chi connectivity index (χ4v) is 3.15. The van der Waals surface area contributed by atoms with Gasteiger partial charge in [0.1, 0.15) is 0 Å². The van der Waals surface area contributed by atoms with Gasteiger partial charge < -0.3 is 5.11 Å². The maximum absolute atomic E-state index is 12.9. The molecule has 0 saturated heterocycles. The van der Waals surface area contributed by atoms with Crippen molar-refractivity contribution in [1.29, 1.82) is 0 Å². The predicted octanol–water partition coefficient (Wildman–Crippen LogP) is 3.43. The molecule has 0 saturated carbocycles. The van der Waals surface area contributed by atoms with Gasteiger partial charge in [0.25, 0.3) is 0 Å². The van der Waals surface area contributed by atoms with Crippen LogP contribution in [0.2, 0.25) is 0 Å². The number of Topliss-reactive ketones (excluding diaryl/α,β-unsaturated/α-hetero) is 1. The number of hydrogen-bond acceptors (Lipinski definition) is 2. The van der Waals surface area contributed by atoms with Crippen LogP contribution in [0.3, 0.4) is 0 Å². The third-order valence-electron chi connectivity index (χ3n) is 4.13. The first-order valence-electron chi connectivity index (χ1n) is 6.70. The van der Waals surface area contributed by atoms with Crippen LogP contribution in [0.15, 0.2) is 67.3 Å². The molecule has 1 N–H and O–H groups in total. The smallest absolute Gasteiger partial charge is 0.177 e. The van der Waals surface area contributed by atoms with Crippen molar-refractivity contribution < 1.29 is 9.90 Å². The highest BCUT2D eigenvalue weighted by Crippen LogP contribution is 2.49. The number of rotatable bonds is 3. The largest absolute Gasteiger partial charge is 0.387 e. The maximum atomic E-state index is 12.9. The van der Waals surface area contributed by atoms with Gasteiger partial charge in [-0.1, -0.05) is 60.7 Å². The number of allylic oxidation sites excluding steroid dienone is 1. The molecule has 0 amide bonds. The molecule has 0 aliphatic heterocycles. The van der Waals surface area contributed by atoms with E-state index in [1.54, 1.807) is 12.1 Å². The Balaban J connectivity index is 2.24. The van der Waals surface area contributed by atoms with Crippen molar-refractivity contribution in [3.8, 4) is 0 Å². The van der Waals surface area contributed by atoms with Crippen LogP contribution in [0.5, 0.6) is 0 Å². The van der Waals surface area contributed by atoms with Crippen molar-refractivity contribution in [1.82, 2.24) is 0 Å². The molecule has 1 aliphatic rings. The van der Waals surface area contributed by atoms with Crippen molar-refractivity contribution >= 4 is 5.78 Å². The van der Waals surface area contributed by atoms with Gasteiger partial charge in [0, 0.05) is 5.56 Å². The molecule has 2 nitrogen and oxygen atoms in total. The standard InChI is InChI=1S/C18H16O2/c1-2-12-18(13-8-4-3-5-9-13)16(19)14-10-6-7-11-15(14)17(18)20/h2-11,16,19H,1,12H2. The molecule has 0 fully saturated rings. The van der Waals surface area contributed by atoms with E-state index in [0.29, 0.717) is 17.5 Å². The van der Waals surface area contributed by atoms with Gasteiger partial charge in [0.2, 0.25) is 0 Å². The average Bonchev–Trinajstić information content (AvgIpc) is 2.72. The number of carbonyl (C=O) groups excluding carboxylic acids is 1. The van der Waals surface area contributed by atoms with Gasteiger partial charge >= 0.3 is 0 Å². The van der Waals surface area contributed by atoms with Gasteiger partial charge in [-0.05, 0) is 17.5 Å². The van der Waals surface area contributed by atoms with Gasteiger partial charge in [-0.2, -0.15) is 0 Å². The molecule has 1 aliphatic carbocycles. The Kier molecular flexibility index (Phi) is 3.03. The monoisotopic (exact) mass is 264 g/mol. The summed E-state index contributed by atoms with van der Waals surface area (Å²) in [5, 5.41) is 10.8. The lowest BCUT2D eigenvalue weighted by atomic mass is 9.72. The minimum atomic E-state index is -0.938. The number of fused-ring (bicyclic) bond motifs is 1. The van der Waals surface area contributed by atoms with E-state index in [9.17, 15) is 9.90 Å². The van der Waals surface area contributed by atoms with Gasteiger partial charge in [-0.15, -0.1) is 6.58 Å². The Bertz CT molecular complexity index is 660. The molecule has 2 aromatic rings. The molecule has 2 aromatic carbocycles. The molecule has 0 radical (unpaired) electrons. The zero-order valence-electron chi connectivity index (χ0n) is 11.1. The van der Waals surface area contributed by atoms with E-state index >= 15 is 0 Å². The zero-order chi connectivity index (χ0) is 14.2. The van der Waals surface area contributed by atoms with Crippen LogP contribution in [-0.4, -0.2) is 10.9 Å². The summed E-state index contributed by atoms with van der Waals surface area (Å²) in [6.45, 7) is 3.76. The van der Waals surface area contributed by atoms with Crippen molar-refractivity contribution in [2.45, 2.75) is 17.9 Å². The van der Waals surface area contributed by atoms with E-state index in [2.05, 4.69) is 6.58 Å². The quantitative estimate of drug-likeness (QED) is 0.862. The summed E-state index contributed by atoms with van der Waals surface area (Å²) in [4.78, 5) is 12.9. The van der Waals surface area contributed by atoms with Crippen molar-refractivity contribution in [2.24, 2.45) is 0 Å². The van der Waals surface area contributed by atoms with Crippen molar-refractivity contribution in [3.05, 3.63) is 83.9 Å². The van der Waals surface area contributed by atoms with Gasteiger partial charge in [-0.3, -0.25) is 4.79 Å². The summed E-state index contributed by atoms with van der Waals surface area (Å²) in [5.41, 5.74) is 1.23. The molecule has 2 atom stereocenters. The summed E-state index contributed by atoms with van der Waals surface area (Å²) in [7, 11) is 0. The lowest BCUT2D eigenvalue weighted by molar-refractivity contribution is 0.0642. The summed E-state index contributed by atoms with van der Waals surface area (Å²) in [6, 6.07) is 16.8. The number of aliphatic hydroxyl groups excluding tert-OH is 1. The molecular weight excluding hydrogens is 248 g/mol. The molecule has 20 heavy (non-hydrogen) atoms. The highest BCUT2D eigenvalue weighted by Gasteiger charge is 2.52. The second-order valence-electron chi connectivity index (χ2n) is 5.15. The lowest BCUT2D eigenvalue weighted by Gasteiger charge is -2.30. The molecule has 3 rings (SSSR count). The topological polar surface area (TPSA) is 37.3 Å². The van der Waals surface area contributed by atoms with E-state index in [-0.39, 0.29) is 5.78 Å². The molecule has 2 heteroatoms. The SMILES string of the molecule is C=CCC1(c2ccccc2)C(=O)c2ccccc2C1O.